The molecule has 0 aliphatic heterocycles. The van der Waals surface area contributed by atoms with Crippen molar-refractivity contribution in [1.29, 1.82) is 0 Å². The number of hydrogen-bond acceptors (Lipinski definition) is 4. The minimum atomic E-state index is 0.533. The number of ether oxygens (including phenoxy) is 1. The van der Waals surface area contributed by atoms with Crippen LogP contribution < -0.4 is 5.32 Å². The van der Waals surface area contributed by atoms with Crippen LogP contribution in [0.15, 0.2) is 29.6 Å². The molecule has 2 nitrogen and oxygen atoms in total. The topological polar surface area (TPSA) is 21.3 Å². The first-order valence-corrected chi connectivity index (χ1v) is 7.85. The monoisotopic (exact) mass is 281 g/mol. The molecule has 0 saturated carbocycles. The van der Waals surface area contributed by atoms with Gasteiger partial charge in [0.05, 0.1) is 13.2 Å². The maximum atomic E-state index is 5.70. The van der Waals surface area contributed by atoms with E-state index in [9.17, 15) is 0 Å². The van der Waals surface area contributed by atoms with Crippen molar-refractivity contribution in [3.63, 3.8) is 0 Å². The van der Waals surface area contributed by atoms with Gasteiger partial charge in [-0.1, -0.05) is 19.9 Å². The summed E-state index contributed by atoms with van der Waals surface area (Å²) in [5.41, 5.74) is 0. The van der Waals surface area contributed by atoms with Gasteiger partial charge in [0.15, 0.2) is 0 Å². The molecule has 0 aliphatic rings. The first-order chi connectivity index (χ1) is 8.74. The molecule has 0 fully saturated rings. The molecule has 2 aromatic rings. The van der Waals surface area contributed by atoms with Crippen molar-refractivity contribution in [3.05, 3.63) is 44.3 Å². The van der Waals surface area contributed by atoms with E-state index in [0.717, 1.165) is 13.2 Å². The van der Waals surface area contributed by atoms with Gasteiger partial charge in [-0.25, -0.2) is 0 Å². The van der Waals surface area contributed by atoms with E-state index in [1.54, 1.807) is 11.3 Å². The van der Waals surface area contributed by atoms with Crippen molar-refractivity contribution >= 4 is 22.7 Å². The average Bonchev–Trinajstić information content (AvgIpc) is 2.97. The van der Waals surface area contributed by atoms with Crippen molar-refractivity contribution in [3.8, 4) is 0 Å². The zero-order valence-electron chi connectivity index (χ0n) is 10.8. The van der Waals surface area contributed by atoms with Gasteiger partial charge in [0, 0.05) is 27.2 Å². The van der Waals surface area contributed by atoms with Gasteiger partial charge in [-0.15, -0.1) is 22.7 Å². The van der Waals surface area contributed by atoms with E-state index in [1.807, 2.05) is 11.3 Å². The molecule has 0 unspecified atom stereocenters. The fourth-order valence-electron chi connectivity index (χ4n) is 1.55. The van der Waals surface area contributed by atoms with Gasteiger partial charge in [0.25, 0.3) is 0 Å². The Morgan fingerprint density at radius 1 is 1.11 bits per heavy atom. The van der Waals surface area contributed by atoms with Crippen molar-refractivity contribution in [1.82, 2.24) is 5.32 Å². The fourth-order valence-corrected chi connectivity index (χ4v) is 3.09. The third-order valence-electron chi connectivity index (χ3n) is 2.47. The van der Waals surface area contributed by atoms with Crippen LogP contribution in [0, 0.1) is 0 Å². The largest absolute Gasteiger partial charge is 0.370 e. The first-order valence-electron chi connectivity index (χ1n) is 6.15. The van der Waals surface area contributed by atoms with E-state index < -0.39 is 0 Å². The summed E-state index contributed by atoms with van der Waals surface area (Å²) >= 11 is 3.57. The van der Waals surface area contributed by atoms with E-state index in [1.165, 1.54) is 14.6 Å². The summed E-state index contributed by atoms with van der Waals surface area (Å²) in [7, 11) is 0. The van der Waals surface area contributed by atoms with Crippen LogP contribution in [0.5, 0.6) is 0 Å². The van der Waals surface area contributed by atoms with Crippen molar-refractivity contribution in [2.24, 2.45) is 0 Å². The molecule has 0 aliphatic carbocycles. The summed E-state index contributed by atoms with van der Waals surface area (Å²) in [6.45, 7) is 6.71. The smallest absolute Gasteiger partial charge is 0.0814 e. The number of thiophene rings is 2. The summed E-state index contributed by atoms with van der Waals surface area (Å²) in [6, 6.07) is 9.05. The summed E-state index contributed by atoms with van der Waals surface area (Å²) in [5.74, 6) is 0. The minimum absolute atomic E-state index is 0.533. The van der Waals surface area contributed by atoms with Crippen LogP contribution >= 0.6 is 22.7 Å². The number of nitrogens with one attached hydrogen (secondary N) is 1. The third-order valence-corrected chi connectivity index (χ3v) is 4.38. The Hall–Kier alpha value is -0.680. The van der Waals surface area contributed by atoms with Gasteiger partial charge in [0.1, 0.15) is 0 Å². The van der Waals surface area contributed by atoms with E-state index >= 15 is 0 Å². The Morgan fingerprint density at radius 3 is 2.61 bits per heavy atom. The highest BCUT2D eigenvalue weighted by atomic mass is 32.1. The Morgan fingerprint density at radius 2 is 1.89 bits per heavy atom. The Kier molecular flexibility index (Phi) is 5.38. The highest BCUT2D eigenvalue weighted by Gasteiger charge is 2.02. The zero-order chi connectivity index (χ0) is 12.8. The van der Waals surface area contributed by atoms with Crippen LogP contribution in [0.3, 0.4) is 0 Å². The molecular formula is C14H19NOS2. The second kappa shape index (κ2) is 7.04. The van der Waals surface area contributed by atoms with E-state index in [-0.39, 0.29) is 0 Å². The first kappa shape index (κ1) is 13.7. The van der Waals surface area contributed by atoms with Crippen molar-refractivity contribution in [2.75, 3.05) is 0 Å². The molecule has 0 amide bonds. The van der Waals surface area contributed by atoms with Crippen LogP contribution in [0.4, 0.5) is 0 Å². The summed E-state index contributed by atoms with van der Waals surface area (Å²) in [4.78, 5) is 3.96. The second-order valence-electron chi connectivity index (χ2n) is 4.48. The Balaban J connectivity index is 1.73. The normalized spacial score (nSPS) is 11.3. The van der Waals surface area contributed by atoms with Crippen molar-refractivity contribution < 1.29 is 4.74 Å². The SMILES string of the molecule is CC(C)NCc1ccc(COCc2cccs2)s1. The van der Waals surface area contributed by atoms with Gasteiger partial charge in [0.2, 0.25) is 0 Å². The molecule has 0 spiro atoms. The molecular weight excluding hydrogens is 262 g/mol. The molecule has 2 heterocycles. The average molecular weight is 281 g/mol. The zero-order valence-corrected chi connectivity index (χ0v) is 12.4. The lowest BCUT2D eigenvalue weighted by molar-refractivity contribution is 0.111. The summed E-state index contributed by atoms with van der Waals surface area (Å²) in [5, 5.41) is 5.51. The van der Waals surface area contributed by atoms with Crippen LogP contribution in [0.1, 0.15) is 28.5 Å². The second-order valence-corrected chi connectivity index (χ2v) is 6.76. The summed E-state index contributed by atoms with van der Waals surface area (Å²) in [6.07, 6.45) is 0. The molecule has 18 heavy (non-hydrogen) atoms. The Bertz CT molecular complexity index is 448. The predicted octanol–water partition coefficient (Wildman–Crippen LogP) is 4.02. The molecule has 4 heteroatoms. The van der Waals surface area contributed by atoms with Crippen LogP contribution in [-0.4, -0.2) is 6.04 Å². The molecule has 0 atom stereocenters. The third kappa shape index (κ3) is 4.53. The Labute approximate surface area is 117 Å². The van der Waals surface area contributed by atoms with Crippen LogP contribution in [0.2, 0.25) is 0 Å². The highest BCUT2D eigenvalue weighted by molar-refractivity contribution is 7.12. The minimum Gasteiger partial charge on any atom is -0.370 e. The molecule has 0 radical (unpaired) electrons. The van der Waals surface area contributed by atoms with Gasteiger partial charge in [-0.2, -0.15) is 0 Å². The van der Waals surface area contributed by atoms with Crippen LogP contribution in [-0.2, 0) is 24.5 Å². The van der Waals surface area contributed by atoms with Gasteiger partial charge in [-0.3, -0.25) is 0 Å². The maximum absolute atomic E-state index is 5.70. The number of hydrogen-bond donors (Lipinski definition) is 1. The lowest BCUT2D eigenvalue weighted by Gasteiger charge is -2.05. The molecule has 0 saturated heterocycles. The lowest BCUT2D eigenvalue weighted by atomic mass is 10.3. The molecule has 0 bridgehead atoms. The van der Waals surface area contributed by atoms with E-state index in [4.69, 9.17) is 4.74 Å². The lowest BCUT2D eigenvalue weighted by Crippen LogP contribution is -2.21. The quantitative estimate of drug-likeness (QED) is 0.827. The maximum Gasteiger partial charge on any atom is 0.0814 e. The molecule has 1 N–H and O–H groups in total. The molecule has 98 valence electrons. The highest BCUT2D eigenvalue weighted by Crippen LogP contribution is 2.18. The number of rotatable bonds is 7. The van der Waals surface area contributed by atoms with Crippen LogP contribution in [0.25, 0.3) is 0 Å². The standard InChI is InChI=1S/C14H19NOS2/c1-11(2)15-8-12-5-6-14(18-12)10-16-9-13-4-3-7-17-13/h3-7,11,15H,8-10H2,1-2H3. The molecule has 0 aromatic carbocycles. The van der Waals surface area contributed by atoms with Gasteiger partial charge in [-0.05, 0) is 23.6 Å². The predicted molar refractivity (Wildman–Crippen MR) is 79.1 cm³/mol. The van der Waals surface area contributed by atoms with E-state index in [0.29, 0.717) is 12.6 Å². The van der Waals surface area contributed by atoms with Crippen molar-refractivity contribution in [2.45, 2.75) is 39.6 Å². The summed E-state index contributed by atoms with van der Waals surface area (Å²) < 4.78 is 5.70. The fraction of sp³-hybridized carbons (Fsp3) is 0.429. The van der Waals surface area contributed by atoms with Gasteiger partial charge < -0.3 is 10.1 Å². The molecule has 2 rings (SSSR count). The van der Waals surface area contributed by atoms with E-state index in [2.05, 4.69) is 48.8 Å². The molecule has 2 aromatic heterocycles. The van der Waals surface area contributed by atoms with Gasteiger partial charge >= 0.3 is 0 Å².